The van der Waals surface area contributed by atoms with Crippen LogP contribution in [0.15, 0.2) is 18.2 Å². The highest BCUT2D eigenvalue weighted by molar-refractivity contribution is 5.98. The third-order valence-corrected chi connectivity index (χ3v) is 6.88. The van der Waals surface area contributed by atoms with Crippen molar-refractivity contribution in [2.75, 3.05) is 17.7 Å². The summed E-state index contributed by atoms with van der Waals surface area (Å²) in [5.74, 6) is 1.36. The first-order valence-corrected chi connectivity index (χ1v) is 11.2. The van der Waals surface area contributed by atoms with E-state index in [1.54, 1.807) is 19.2 Å². The van der Waals surface area contributed by atoms with E-state index < -0.39 is 0 Å². The normalized spacial score (nSPS) is 27.1. The zero-order valence-electron chi connectivity index (χ0n) is 17.3. The van der Waals surface area contributed by atoms with Crippen molar-refractivity contribution in [3.05, 3.63) is 18.2 Å². The summed E-state index contributed by atoms with van der Waals surface area (Å²) in [4.78, 5) is 25.5. The van der Waals surface area contributed by atoms with Crippen molar-refractivity contribution < 1.29 is 14.3 Å². The smallest absolute Gasteiger partial charge is 0.241 e. The fourth-order valence-electron chi connectivity index (χ4n) is 5.23. The Kier molecular flexibility index (Phi) is 6.38. The molecule has 3 N–H and O–H groups in total. The second kappa shape index (κ2) is 9.16. The molecule has 3 unspecified atom stereocenters. The van der Waals surface area contributed by atoms with Gasteiger partial charge in [0, 0.05) is 17.6 Å². The van der Waals surface area contributed by atoms with Gasteiger partial charge >= 0.3 is 0 Å². The summed E-state index contributed by atoms with van der Waals surface area (Å²) < 4.78 is 5.42. The lowest BCUT2D eigenvalue weighted by Crippen LogP contribution is -2.39. The molecule has 2 saturated carbocycles. The minimum Gasteiger partial charge on any atom is -0.495 e. The number of ether oxygens (including phenoxy) is 1. The second-order valence-corrected chi connectivity index (χ2v) is 8.83. The van der Waals surface area contributed by atoms with Gasteiger partial charge in [0.05, 0.1) is 18.8 Å². The van der Waals surface area contributed by atoms with E-state index in [-0.39, 0.29) is 23.8 Å². The lowest BCUT2D eigenvalue weighted by molar-refractivity contribution is -0.120. The molecule has 0 bridgehead atoms. The predicted molar refractivity (Wildman–Crippen MR) is 114 cm³/mol. The maximum absolute atomic E-state index is 12.8. The minimum absolute atomic E-state index is 0.00845. The standard InChI is InChI=1S/C23H33N3O3/c1-29-21-12-11-17(14-19(21)26-22(27)15-7-3-2-4-8-15)24-23(28)20-13-16-9-5-6-10-18(16)25-20/h11-12,14-16,18,20,25H,2-10,13H2,1H3,(H,24,28)(H,26,27). The van der Waals surface area contributed by atoms with Gasteiger partial charge in [0.25, 0.3) is 0 Å². The van der Waals surface area contributed by atoms with Crippen LogP contribution in [0.3, 0.4) is 0 Å². The van der Waals surface area contributed by atoms with Gasteiger partial charge in [-0.2, -0.15) is 0 Å². The predicted octanol–water partition coefficient (Wildman–Crippen LogP) is 4.07. The molecule has 3 aliphatic rings. The Morgan fingerprint density at radius 1 is 0.966 bits per heavy atom. The average molecular weight is 400 g/mol. The Morgan fingerprint density at radius 2 is 1.72 bits per heavy atom. The summed E-state index contributed by atoms with van der Waals surface area (Å²) in [5, 5.41) is 9.57. The Hall–Kier alpha value is -2.08. The Labute approximate surface area is 173 Å². The molecule has 1 heterocycles. The Morgan fingerprint density at radius 3 is 2.48 bits per heavy atom. The number of methoxy groups -OCH3 is 1. The van der Waals surface area contributed by atoms with Crippen molar-refractivity contribution in [3.8, 4) is 5.75 Å². The van der Waals surface area contributed by atoms with Crippen molar-refractivity contribution in [3.63, 3.8) is 0 Å². The van der Waals surface area contributed by atoms with Crippen LogP contribution in [0.2, 0.25) is 0 Å². The van der Waals surface area contributed by atoms with Crippen LogP contribution in [-0.4, -0.2) is 31.0 Å². The van der Waals surface area contributed by atoms with Crippen LogP contribution in [0.4, 0.5) is 11.4 Å². The third kappa shape index (κ3) is 4.74. The summed E-state index contributed by atoms with van der Waals surface area (Å²) in [6.07, 6.45) is 11.2. The number of anilines is 2. The average Bonchev–Trinajstić information content (AvgIpc) is 3.19. The van der Waals surface area contributed by atoms with Crippen LogP contribution in [0.25, 0.3) is 0 Å². The van der Waals surface area contributed by atoms with Gasteiger partial charge in [0.1, 0.15) is 5.75 Å². The molecule has 29 heavy (non-hydrogen) atoms. The van der Waals surface area contributed by atoms with E-state index in [2.05, 4.69) is 16.0 Å². The van der Waals surface area contributed by atoms with Crippen molar-refractivity contribution in [2.45, 2.75) is 76.3 Å². The number of amides is 2. The maximum atomic E-state index is 12.8. The first kappa shape index (κ1) is 20.2. The summed E-state index contributed by atoms with van der Waals surface area (Å²) >= 11 is 0. The van der Waals surface area contributed by atoms with E-state index in [0.717, 1.165) is 32.1 Å². The summed E-state index contributed by atoms with van der Waals surface area (Å²) in [6, 6.07) is 5.79. The van der Waals surface area contributed by atoms with Gasteiger partial charge in [-0.25, -0.2) is 0 Å². The lowest BCUT2D eigenvalue weighted by Gasteiger charge is -2.24. The molecule has 2 amide bonds. The van der Waals surface area contributed by atoms with Gasteiger partial charge in [-0.05, 0) is 56.2 Å². The number of fused-ring (bicyclic) bond motifs is 1. The van der Waals surface area contributed by atoms with Crippen LogP contribution >= 0.6 is 0 Å². The SMILES string of the molecule is COc1ccc(NC(=O)C2CC3CCCCC3N2)cc1NC(=O)C1CCCCC1. The van der Waals surface area contributed by atoms with Gasteiger partial charge in [-0.1, -0.05) is 32.1 Å². The van der Waals surface area contributed by atoms with E-state index in [1.807, 2.05) is 6.07 Å². The maximum Gasteiger partial charge on any atom is 0.241 e. The third-order valence-electron chi connectivity index (χ3n) is 6.88. The molecule has 158 valence electrons. The van der Waals surface area contributed by atoms with Crippen LogP contribution in [-0.2, 0) is 9.59 Å². The molecule has 1 aliphatic heterocycles. The molecule has 3 atom stereocenters. The number of carbonyl (C=O) groups excluding carboxylic acids is 2. The number of rotatable bonds is 5. The van der Waals surface area contributed by atoms with Crippen LogP contribution in [0.1, 0.15) is 64.2 Å². The topological polar surface area (TPSA) is 79.5 Å². The molecule has 0 spiro atoms. The van der Waals surface area contributed by atoms with Crippen LogP contribution in [0.5, 0.6) is 5.75 Å². The first-order chi connectivity index (χ1) is 14.1. The molecule has 0 aromatic heterocycles. The van der Waals surface area contributed by atoms with E-state index in [1.165, 1.54) is 32.1 Å². The molecule has 0 radical (unpaired) electrons. The number of benzene rings is 1. The molecule has 2 aliphatic carbocycles. The van der Waals surface area contributed by atoms with E-state index >= 15 is 0 Å². The molecule has 6 heteroatoms. The number of hydrogen-bond acceptors (Lipinski definition) is 4. The summed E-state index contributed by atoms with van der Waals surface area (Å²) in [7, 11) is 1.59. The van der Waals surface area contributed by atoms with Crippen molar-refractivity contribution in [1.29, 1.82) is 0 Å². The molecule has 3 fully saturated rings. The molecule has 1 saturated heterocycles. The number of carbonyl (C=O) groups is 2. The Balaban J connectivity index is 1.40. The largest absolute Gasteiger partial charge is 0.495 e. The number of hydrogen-bond donors (Lipinski definition) is 3. The van der Waals surface area contributed by atoms with Gasteiger partial charge in [0.15, 0.2) is 0 Å². The fourth-order valence-corrected chi connectivity index (χ4v) is 5.23. The highest BCUT2D eigenvalue weighted by atomic mass is 16.5. The fraction of sp³-hybridized carbons (Fsp3) is 0.652. The van der Waals surface area contributed by atoms with Crippen molar-refractivity contribution in [1.82, 2.24) is 5.32 Å². The molecule has 6 nitrogen and oxygen atoms in total. The van der Waals surface area contributed by atoms with Crippen LogP contribution < -0.4 is 20.7 Å². The zero-order valence-corrected chi connectivity index (χ0v) is 17.3. The molecule has 1 aromatic carbocycles. The van der Waals surface area contributed by atoms with Gasteiger partial charge < -0.3 is 20.7 Å². The lowest BCUT2D eigenvalue weighted by atomic mass is 9.85. The van der Waals surface area contributed by atoms with E-state index in [9.17, 15) is 9.59 Å². The molecular formula is C23H33N3O3. The van der Waals surface area contributed by atoms with Gasteiger partial charge in [-0.3, -0.25) is 9.59 Å². The minimum atomic E-state index is -0.134. The number of nitrogens with one attached hydrogen (secondary N) is 3. The quantitative estimate of drug-likeness (QED) is 0.697. The first-order valence-electron chi connectivity index (χ1n) is 11.2. The molecule has 4 rings (SSSR count). The monoisotopic (exact) mass is 399 g/mol. The van der Waals surface area contributed by atoms with E-state index in [0.29, 0.717) is 29.1 Å². The van der Waals surface area contributed by atoms with E-state index in [4.69, 9.17) is 4.74 Å². The Bertz CT molecular complexity index is 731. The highest BCUT2D eigenvalue weighted by Gasteiger charge is 2.38. The molecule has 1 aromatic rings. The summed E-state index contributed by atoms with van der Waals surface area (Å²) in [5.41, 5.74) is 1.31. The van der Waals surface area contributed by atoms with Crippen molar-refractivity contribution >= 4 is 23.2 Å². The van der Waals surface area contributed by atoms with Gasteiger partial charge in [0.2, 0.25) is 11.8 Å². The highest BCUT2D eigenvalue weighted by Crippen LogP contribution is 2.34. The van der Waals surface area contributed by atoms with Crippen molar-refractivity contribution in [2.24, 2.45) is 11.8 Å². The zero-order chi connectivity index (χ0) is 20.2. The van der Waals surface area contributed by atoms with Gasteiger partial charge in [-0.15, -0.1) is 0 Å². The summed E-state index contributed by atoms with van der Waals surface area (Å²) in [6.45, 7) is 0. The molecular weight excluding hydrogens is 366 g/mol. The van der Waals surface area contributed by atoms with Crippen LogP contribution in [0, 0.1) is 11.8 Å². The second-order valence-electron chi connectivity index (χ2n) is 8.83.